The van der Waals surface area contributed by atoms with Crippen molar-refractivity contribution in [2.45, 2.75) is 44.2 Å². The van der Waals surface area contributed by atoms with Crippen LogP contribution >= 0.6 is 15.9 Å². The van der Waals surface area contributed by atoms with Gasteiger partial charge in [-0.1, -0.05) is 22.9 Å². The molecule has 5 heteroatoms. The second kappa shape index (κ2) is 5.07. The average Bonchev–Trinajstić information content (AvgIpc) is 2.85. The minimum Gasteiger partial charge on any atom is -0.370 e. The van der Waals surface area contributed by atoms with Crippen LogP contribution in [0.4, 0.5) is 0 Å². The van der Waals surface area contributed by atoms with E-state index in [4.69, 9.17) is 4.74 Å². The first-order chi connectivity index (χ1) is 7.36. The number of rotatable bonds is 4. The van der Waals surface area contributed by atoms with Crippen LogP contribution in [-0.2, 0) is 16.6 Å². The summed E-state index contributed by atoms with van der Waals surface area (Å²) >= 11 is 3.44. The molecule has 2 heterocycles. The van der Waals surface area contributed by atoms with Gasteiger partial charge in [-0.15, -0.1) is 10.2 Å². The molecule has 4 nitrogen and oxygen atoms in total. The highest BCUT2D eigenvalue weighted by Crippen LogP contribution is 2.28. The van der Waals surface area contributed by atoms with E-state index in [0.29, 0.717) is 0 Å². The Kier molecular flexibility index (Phi) is 3.75. The summed E-state index contributed by atoms with van der Waals surface area (Å²) in [6, 6.07) is 0. The zero-order valence-corrected chi connectivity index (χ0v) is 10.5. The molecule has 0 spiro atoms. The van der Waals surface area contributed by atoms with E-state index in [0.717, 1.165) is 49.4 Å². The van der Waals surface area contributed by atoms with Crippen LogP contribution in [0.5, 0.6) is 0 Å². The summed E-state index contributed by atoms with van der Waals surface area (Å²) in [5.41, 5.74) is 0. The van der Waals surface area contributed by atoms with Gasteiger partial charge in [0, 0.05) is 13.2 Å². The standard InChI is InChI=1S/C10H16BrN3O/c1-2-5-14-9(7-11)12-13-10(14)8-4-3-6-15-8/h8H,2-7H2,1H3. The monoisotopic (exact) mass is 273 g/mol. The molecule has 1 aliphatic heterocycles. The zero-order valence-electron chi connectivity index (χ0n) is 8.95. The molecular formula is C10H16BrN3O. The van der Waals surface area contributed by atoms with Crippen LogP contribution in [0.2, 0.25) is 0 Å². The molecule has 1 fully saturated rings. The highest BCUT2D eigenvalue weighted by atomic mass is 79.9. The third kappa shape index (κ3) is 2.23. The molecule has 1 aromatic rings. The number of hydrogen-bond acceptors (Lipinski definition) is 3. The van der Waals surface area contributed by atoms with E-state index in [2.05, 4.69) is 37.6 Å². The summed E-state index contributed by atoms with van der Waals surface area (Å²) < 4.78 is 7.83. The maximum Gasteiger partial charge on any atom is 0.162 e. The van der Waals surface area contributed by atoms with Gasteiger partial charge >= 0.3 is 0 Å². The van der Waals surface area contributed by atoms with Crippen molar-refractivity contribution in [1.82, 2.24) is 14.8 Å². The predicted molar refractivity (Wildman–Crippen MR) is 60.9 cm³/mol. The van der Waals surface area contributed by atoms with Crippen LogP contribution in [0.1, 0.15) is 43.9 Å². The second-order valence-electron chi connectivity index (χ2n) is 3.76. The normalized spacial score (nSPS) is 21.1. The highest BCUT2D eigenvalue weighted by molar-refractivity contribution is 9.08. The Morgan fingerprint density at radius 1 is 1.53 bits per heavy atom. The summed E-state index contributed by atoms with van der Waals surface area (Å²) in [5, 5.41) is 9.19. The summed E-state index contributed by atoms with van der Waals surface area (Å²) in [7, 11) is 0. The Bertz CT molecular complexity index is 320. The van der Waals surface area contributed by atoms with Crippen LogP contribution in [0, 0.1) is 0 Å². The molecule has 0 saturated carbocycles. The second-order valence-corrected chi connectivity index (χ2v) is 4.32. The van der Waals surface area contributed by atoms with E-state index in [9.17, 15) is 0 Å². The molecule has 0 bridgehead atoms. The Balaban J connectivity index is 2.24. The quantitative estimate of drug-likeness (QED) is 0.792. The third-order valence-corrected chi connectivity index (χ3v) is 3.14. The first-order valence-electron chi connectivity index (χ1n) is 5.46. The van der Waals surface area contributed by atoms with Gasteiger partial charge in [0.05, 0.1) is 5.33 Å². The Morgan fingerprint density at radius 3 is 3.00 bits per heavy atom. The van der Waals surface area contributed by atoms with Crippen molar-refractivity contribution in [1.29, 1.82) is 0 Å². The minimum absolute atomic E-state index is 0.164. The summed E-state index contributed by atoms with van der Waals surface area (Å²) in [4.78, 5) is 0. The van der Waals surface area contributed by atoms with Gasteiger partial charge in [-0.25, -0.2) is 0 Å². The zero-order chi connectivity index (χ0) is 10.7. The predicted octanol–water partition coefficient (Wildman–Crippen LogP) is 2.43. The molecule has 0 aliphatic carbocycles. The van der Waals surface area contributed by atoms with Crippen molar-refractivity contribution in [3.8, 4) is 0 Å². The summed E-state index contributed by atoms with van der Waals surface area (Å²) in [5.74, 6) is 2.01. The van der Waals surface area contributed by atoms with Crippen molar-refractivity contribution in [2.75, 3.05) is 6.61 Å². The van der Waals surface area contributed by atoms with Gasteiger partial charge in [0.1, 0.15) is 11.9 Å². The average molecular weight is 274 g/mol. The van der Waals surface area contributed by atoms with Crippen LogP contribution < -0.4 is 0 Å². The SMILES string of the molecule is CCCn1c(CBr)nnc1C1CCCO1. The van der Waals surface area contributed by atoms with Crippen LogP contribution in [0.25, 0.3) is 0 Å². The van der Waals surface area contributed by atoms with Crippen LogP contribution in [0.3, 0.4) is 0 Å². The Morgan fingerprint density at radius 2 is 2.40 bits per heavy atom. The molecule has 1 aromatic heterocycles. The summed E-state index contributed by atoms with van der Waals surface area (Å²) in [6.07, 6.45) is 3.46. The number of aromatic nitrogens is 3. The maximum atomic E-state index is 5.65. The fourth-order valence-electron chi connectivity index (χ4n) is 1.93. The smallest absolute Gasteiger partial charge is 0.162 e. The number of ether oxygens (including phenoxy) is 1. The Labute approximate surface area is 98.2 Å². The van der Waals surface area contributed by atoms with E-state index in [1.807, 2.05) is 0 Å². The van der Waals surface area contributed by atoms with E-state index in [1.54, 1.807) is 0 Å². The Hall–Kier alpha value is -0.420. The lowest BCUT2D eigenvalue weighted by Crippen LogP contribution is -2.10. The molecule has 1 atom stereocenters. The molecule has 15 heavy (non-hydrogen) atoms. The molecule has 0 amide bonds. The number of halogens is 1. The van der Waals surface area contributed by atoms with Gasteiger partial charge in [0.25, 0.3) is 0 Å². The van der Waals surface area contributed by atoms with Crippen molar-refractivity contribution in [2.24, 2.45) is 0 Å². The van der Waals surface area contributed by atoms with Gasteiger partial charge < -0.3 is 9.30 Å². The molecule has 1 aliphatic rings. The van der Waals surface area contributed by atoms with Gasteiger partial charge in [-0.2, -0.15) is 0 Å². The van der Waals surface area contributed by atoms with Gasteiger partial charge in [-0.3, -0.25) is 0 Å². The van der Waals surface area contributed by atoms with E-state index < -0.39 is 0 Å². The van der Waals surface area contributed by atoms with Gasteiger partial charge in [0.2, 0.25) is 0 Å². The lowest BCUT2D eigenvalue weighted by Gasteiger charge is -2.12. The number of alkyl halides is 1. The molecular weight excluding hydrogens is 258 g/mol. The van der Waals surface area contributed by atoms with Crippen molar-refractivity contribution in [3.63, 3.8) is 0 Å². The fraction of sp³-hybridized carbons (Fsp3) is 0.800. The first-order valence-corrected chi connectivity index (χ1v) is 6.58. The highest BCUT2D eigenvalue weighted by Gasteiger charge is 2.24. The third-order valence-electron chi connectivity index (χ3n) is 2.64. The largest absolute Gasteiger partial charge is 0.370 e. The fourth-order valence-corrected chi connectivity index (χ4v) is 2.35. The van der Waals surface area contributed by atoms with E-state index in [1.165, 1.54) is 0 Å². The van der Waals surface area contributed by atoms with Gasteiger partial charge in [0.15, 0.2) is 5.82 Å². The summed E-state index contributed by atoms with van der Waals surface area (Å²) in [6.45, 7) is 3.99. The van der Waals surface area contributed by atoms with Crippen molar-refractivity contribution < 1.29 is 4.74 Å². The molecule has 2 rings (SSSR count). The first kappa shape index (κ1) is 11.1. The van der Waals surface area contributed by atoms with Crippen LogP contribution in [0.15, 0.2) is 0 Å². The maximum absolute atomic E-state index is 5.65. The number of hydrogen-bond donors (Lipinski definition) is 0. The van der Waals surface area contributed by atoms with E-state index in [-0.39, 0.29) is 6.10 Å². The topological polar surface area (TPSA) is 39.9 Å². The lowest BCUT2D eigenvalue weighted by molar-refractivity contribution is 0.101. The molecule has 1 saturated heterocycles. The minimum atomic E-state index is 0.164. The molecule has 0 aromatic carbocycles. The number of nitrogens with zero attached hydrogens (tertiary/aromatic N) is 3. The van der Waals surface area contributed by atoms with Crippen molar-refractivity contribution in [3.05, 3.63) is 11.6 Å². The molecule has 0 radical (unpaired) electrons. The molecule has 84 valence electrons. The van der Waals surface area contributed by atoms with Crippen molar-refractivity contribution >= 4 is 15.9 Å². The van der Waals surface area contributed by atoms with Gasteiger partial charge in [-0.05, 0) is 19.3 Å². The van der Waals surface area contributed by atoms with E-state index >= 15 is 0 Å². The molecule has 0 N–H and O–H groups in total. The lowest BCUT2D eigenvalue weighted by atomic mass is 10.2. The molecule has 1 unspecified atom stereocenters. The van der Waals surface area contributed by atoms with Crippen LogP contribution in [-0.4, -0.2) is 21.4 Å².